The first-order valence-corrected chi connectivity index (χ1v) is 11.0. The summed E-state index contributed by atoms with van der Waals surface area (Å²) in [5.74, 6) is 0.738. The van der Waals surface area contributed by atoms with Crippen LogP contribution < -0.4 is 4.74 Å². The fourth-order valence-electron chi connectivity index (χ4n) is 3.39. The molecule has 1 aliphatic heterocycles. The molecule has 1 saturated heterocycles. The Kier molecular flexibility index (Phi) is 6.16. The van der Waals surface area contributed by atoms with E-state index in [1.165, 1.54) is 0 Å². The smallest absolute Gasteiger partial charge is 0.253 e. The molecule has 1 fully saturated rings. The van der Waals surface area contributed by atoms with E-state index in [4.69, 9.17) is 4.74 Å². The van der Waals surface area contributed by atoms with Gasteiger partial charge in [-0.2, -0.15) is 0 Å². The first-order chi connectivity index (χ1) is 13.0. The summed E-state index contributed by atoms with van der Waals surface area (Å²) in [5, 5.41) is -0.387. The molecule has 0 saturated carbocycles. The maximum absolute atomic E-state index is 12.7. The van der Waals surface area contributed by atoms with Gasteiger partial charge in [0.25, 0.3) is 5.91 Å². The average Bonchev–Trinajstić information content (AvgIpc) is 2.69. The van der Waals surface area contributed by atoms with Crippen molar-refractivity contribution in [2.75, 3.05) is 19.7 Å². The highest BCUT2D eigenvalue weighted by molar-refractivity contribution is 7.91. The lowest BCUT2D eigenvalue weighted by Gasteiger charge is -2.32. The Balaban J connectivity index is 1.58. The summed E-state index contributed by atoms with van der Waals surface area (Å²) < 4.78 is 30.8. The predicted octanol–water partition coefficient (Wildman–Crippen LogP) is 3.30. The van der Waals surface area contributed by atoms with E-state index in [2.05, 4.69) is 0 Å². The number of hydrogen-bond donors (Lipinski definition) is 0. The molecule has 0 bridgehead atoms. The van der Waals surface area contributed by atoms with Gasteiger partial charge >= 0.3 is 0 Å². The highest BCUT2D eigenvalue weighted by atomic mass is 32.2. The van der Waals surface area contributed by atoms with Gasteiger partial charge in [0.1, 0.15) is 5.75 Å². The summed E-state index contributed by atoms with van der Waals surface area (Å²) in [7, 11) is -3.22. The average molecular weight is 388 g/mol. The molecule has 0 N–H and O–H groups in total. The molecule has 0 aliphatic carbocycles. The minimum Gasteiger partial charge on any atom is -0.494 e. The monoisotopic (exact) mass is 387 g/mol. The Morgan fingerprint density at radius 3 is 2.26 bits per heavy atom. The zero-order valence-corrected chi connectivity index (χ0v) is 16.3. The third-order valence-electron chi connectivity index (χ3n) is 4.86. The molecule has 3 rings (SSSR count). The van der Waals surface area contributed by atoms with Crippen molar-refractivity contribution in [1.82, 2.24) is 4.90 Å². The molecule has 2 aromatic carbocycles. The number of likely N-dealkylation sites (tertiary alicyclic amines) is 1. The summed E-state index contributed by atoms with van der Waals surface area (Å²) in [6.07, 6.45) is 0.968. The molecule has 0 spiro atoms. The lowest BCUT2D eigenvalue weighted by molar-refractivity contribution is 0.0725. The number of nitrogens with zero attached hydrogens (tertiary/aromatic N) is 1. The van der Waals surface area contributed by atoms with E-state index in [1.54, 1.807) is 29.2 Å². The van der Waals surface area contributed by atoms with Gasteiger partial charge in [-0.3, -0.25) is 4.79 Å². The maximum atomic E-state index is 12.7. The van der Waals surface area contributed by atoms with Gasteiger partial charge in [-0.25, -0.2) is 8.42 Å². The van der Waals surface area contributed by atoms with Crippen LogP contribution in [0.15, 0.2) is 54.6 Å². The van der Waals surface area contributed by atoms with Crippen LogP contribution in [-0.2, 0) is 15.6 Å². The summed E-state index contributed by atoms with van der Waals surface area (Å²) >= 11 is 0. The molecule has 27 heavy (non-hydrogen) atoms. The molecule has 0 atom stereocenters. The van der Waals surface area contributed by atoms with Gasteiger partial charge in [0, 0.05) is 18.7 Å². The standard InChI is InChI=1S/C21H25NO4S/c1-2-26-19-10-8-18(9-11-19)21(23)22-14-12-20(13-15-22)27(24,25)16-17-6-4-3-5-7-17/h3-11,20H,2,12-16H2,1H3. The number of sulfone groups is 1. The Bertz CT molecular complexity index is 855. The van der Waals surface area contributed by atoms with Crippen LogP contribution >= 0.6 is 0 Å². The van der Waals surface area contributed by atoms with Crippen LogP contribution in [0.25, 0.3) is 0 Å². The van der Waals surface area contributed by atoms with Crippen LogP contribution in [0.2, 0.25) is 0 Å². The van der Waals surface area contributed by atoms with E-state index >= 15 is 0 Å². The van der Waals surface area contributed by atoms with Crippen LogP contribution in [0.3, 0.4) is 0 Å². The quantitative estimate of drug-likeness (QED) is 0.763. The fourth-order valence-corrected chi connectivity index (χ4v) is 5.21. The molecular formula is C21H25NO4S. The third kappa shape index (κ3) is 4.89. The number of carbonyl (C=O) groups excluding carboxylic acids is 1. The van der Waals surface area contributed by atoms with Crippen molar-refractivity contribution >= 4 is 15.7 Å². The van der Waals surface area contributed by atoms with Crippen molar-refractivity contribution in [3.05, 3.63) is 65.7 Å². The van der Waals surface area contributed by atoms with E-state index in [0.29, 0.717) is 38.1 Å². The van der Waals surface area contributed by atoms with E-state index in [1.807, 2.05) is 37.3 Å². The minimum atomic E-state index is -3.22. The van der Waals surface area contributed by atoms with Gasteiger partial charge in [0.2, 0.25) is 0 Å². The second-order valence-corrected chi connectivity index (χ2v) is 9.02. The number of benzene rings is 2. The molecule has 0 unspecified atom stereocenters. The minimum absolute atomic E-state index is 0.0584. The van der Waals surface area contributed by atoms with Crippen molar-refractivity contribution in [3.8, 4) is 5.75 Å². The molecule has 0 radical (unpaired) electrons. The topological polar surface area (TPSA) is 63.7 Å². The van der Waals surface area contributed by atoms with Crippen molar-refractivity contribution in [2.45, 2.75) is 30.8 Å². The normalized spacial score (nSPS) is 15.5. The molecule has 1 aliphatic rings. The SMILES string of the molecule is CCOc1ccc(C(=O)N2CCC(S(=O)(=O)Cc3ccccc3)CC2)cc1. The summed E-state index contributed by atoms with van der Waals surface area (Å²) in [5.41, 5.74) is 1.41. The summed E-state index contributed by atoms with van der Waals surface area (Å²) in [6, 6.07) is 16.3. The van der Waals surface area contributed by atoms with Crippen LogP contribution in [0.4, 0.5) is 0 Å². The van der Waals surface area contributed by atoms with Crippen molar-refractivity contribution in [1.29, 1.82) is 0 Å². The Morgan fingerprint density at radius 2 is 1.67 bits per heavy atom. The summed E-state index contributed by atoms with van der Waals surface area (Å²) in [4.78, 5) is 14.4. The van der Waals surface area contributed by atoms with E-state index in [0.717, 1.165) is 11.3 Å². The largest absolute Gasteiger partial charge is 0.494 e. The van der Waals surface area contributed by atoms with E-state index in [9.17, 15) is 13.2 Å². The second-order valence-electron chi connectivity index (χ2n) is 6.74. The van der Waals surface area contributed by atoms with Gasteiger partial charge in [0.05, 0.1) is 17.6 Å². The molecule has 5 nitrogen and oxygen atoms in total. The number of amides is 1. The lowest BCUT2D eigenvalue weighted by Crippen LogP contribution is -2.42. The molecule has 1 heterocycles. The zero-order chi connectivity index (χ0) is 19.3. The molecule has 2 aromatic rings. The fraction of sp³-hybridized carbons (Fsp3) is 0.381. The van der Waals surface area contributed by atoms with Crippen LogP contribution in [0.5, 0.6) is 5.75 Å². The second kappa shape index (κ2) is 8.57. The first kappa shape index (κ1) is 19.4. The van der Waals surface area contributed by atoms with E-state index in [-0.39, 0.29) is 16.9 Å². The Labute approximate surface area is 160 Å². The number of ether oxygens (including phenoxy) is 1. The highest BCUT2D eigenvalue weighted by Crippen LogP contribution is 2.23. The van der Waals surface area contributed by atoms with Gasteiger partial charge in [-0.05, 0) is 49.6 Å². The third-order valence-corrected chi connectivity index (χ3v) is 7.08. The number of hydrogen-bond acceptors (Lipinski definition) is 4. The van der Waals surface area contributed by atoms with Gasteiger partial charge in [0.15, 0.2) is 9.84 Å². The van der Waals surface area contributed by atoms with E-state index < -0.39 is 9.84 Å². The molecular weight excluding hydrogens is 362 g/mol. The molecule has 0 aromatic heterocycles. The van der Waals surface area contributed by atoms with Crippen molar-refractivity contribution in [3.63, 3.8) is 0 Å². The molecule has 1 amide bonds. The number of carbonyl (C=O) groups is 1. The van der Waals surface area contributed by atoms with Crippen LogP contribution in [-0.4, -0.2) is 44.2 Å². The zero-order valence-electron chi connectivity index (χ0n) is 15.5. The van der Waals surface area contributed by atoms with Crippen LogP contribution in [0.1, 0.15) is 35.7 Å². The van der Waals surface area contributed by atoms with Crippen LogP contribution in [0, 0.1) is 0 Å². The summed E-state index contributed by atoms with van der Waals surface area (Å²) in [6.45, 7) is 3.42. The molecule has 6 heteroatoms. The Hall–Kier alpha value is -2.34. The van der Waals surface area contributed by atoms with Crippen molar-refractivity contribution < 1.29 is 17.9 Å². The van der Waals surface area contributed by atoms with Gasteiger partial charge in [-0.1, -0.05) is 30.3 Å². The lowest BCUT2D eigenvalue weighted by atomic mass is 10.1. The first-order valence-electron chi connectivity index (χ1n) is 9.27. The molecule has 144 valence electrons. The van der Waals surface area contributed by atoms with Gasteiger partial charge < -0.3 is 9.64 Å². The number of rotatable bonds is 6. The van der Waals surface area contributed by atoms with Crippen molar-refractivity contribution in [2.24, 2.45) is 0 Å². The maximum Gasteiger partial charge on any atom is 0.253 e. The number of piperidine rings is 1. The Morgan fingerprint density at radius 1 is 1.04 bits per heavy atom. The van der Waals surface area contributed by atoms with Gasteiger partial charge in [-0.15, -0.1) is 0 Å². The highest BCUT2D eigenvalue weighted by Gasteiger charge is 2.31. The predicted molar refractivity (Wildman–Crippen MR) is 106 cm³/mol.